The van der Waals surface area contributed by atoms with Crippen LogP contribution >= 0.6 is 11.8 Å². The predicted molar refractivity (Wildman–Crippen MR) is 126 cm³/mol. The minimum absolute atomic E-state index is 0.0666. The molecule has 3 atom stereocenters. The lowest BCUT2D eigenvalue weighted by molar-refractivity contribution is -0.129. The summed E-state index contributed by atoms with van der Waals surface area (Å²) in [5.74, 6) is 2.19. The molecule has 5 rings (SSSR count). The van der Waals surface area contributed by atoms with Crippen LogP contribution < -0.4 is 10.5 Å². The molecule has 3 aliphatic rings. The van der Waals surface area contributed by atoms with Crippen LogP contribution in [0.1, 0.15) is 28.8 Å². The van der Waals surface area contributed by atoms with Gasteiger partial charge in [0.1, 0.15) is 10.4 Å². The van der Waals surface area contributed by atoms with Gasteiger partial charge >= 0.3 is 0 Å². The van der Waals surface area contributed by atoms with Gasteiger partial charge in [-0.3, -0.25) is 9.79 Å². The highest BCUT2D eigenvalue weighted by molar-refractivity contribution is 8.15. The number of terminal acetylenes is 1. The minimum atomic E-state index is -0.553. The highest BCUT2D eigenvalue weighted by atomic mass is 32.2. The molecule has 0 saturated heterocycles. The summed E-state index contributed by atoms with van der Waals surface area (Å²) in [4.78, 5) is 27.4. The molecule has 1 spiro atoms. The second-order valence-corrected chi connectivity index (χ2v) is 9.99. The van der Waals surface area contributed by atoms with E-state index in [2.05, 4.69) is 15.9 Å². The maximum atomic E-state index is 14.9. The number of carbonyl (C=O) groups excluding carboxylic acids is 1. The van der Waals surface area contributed by atoms with E-state index in [1.807, 2.05) is 18.2 Å². The summed E-state index contributed by atoms with van der Waals surface area (Å²) in [5.41, 5.74) is 8.59. The molecule has 0 radical (unpaired) electrons. The Bertz CT molecular complexity index is 1250. The van der Waals surface area contributed by atoms with E-state index >= 15 is 0 Å². The fraction of sp³-hybridized carbons (Fsp3) is 0.333. The van der Waals surface area contributed by atoms with E-state index in [-0.39, 0.29) is 30.0 Å². The molecule has 2 N–H and O–H groups in total. The maximum absolute atomic E-state index is 14.9. The van der Waals surface area contributed by atoms with Crippen LogP contribution in [0.4, 0.5) is 4.39 Å². The number of benzene rings is 1. The molecule has 1 saturated carbocycles. The van der Waals surface area contributed by atoms with Crippen molar-refractivity contribution >= 4 is 34.7 Å². The van der Waals surface area contributed by atoms with Gasteiger partial charge in [0.25, 0.3) is 0 Å². The first kappa shape index (κ1) is 21.5. The summed E-state index contributed by atoms with van der Waals surface area (Å²) in [6.07, 6.45) is 10.7. The number of hydrogen-bond acceptors (Lipinski definition) is 7. The number of amidine groups is 1. The van der Waals surface area contributed by atoms with E-state index in [0.717, 1.165) is 24.0 Å². The molecule has 7 nitrogen and oxygen atoms in total. The van der Waals surface area contributed by atoms with Crippen molar-refractivity contribution in [1.82, 2.24) is 14.9 Å². The summed E-state index contributed by atoms with van der Waals surface area (Å²) in [7, 11) is 3.53. The fourth-order valence-electron chi connectivity index (χ4n) is 4.83. The molecule has 9 heteroatoms. The second kappa shape index (κ2) is 7.59. The summed E-state index contributed by atoms with van der Waals surface area (Å²) in [6, 6.07) is 5.78. The van der Waals surface area contributed by atoms with Crippen molar-refractivity contribution in [3.63, 3.8) is 0 Å². The predicted octanol–water partition coefficient (Wildman–Crippen LogP) is 2.62. The minimum Gasteiger partial charge on any atom is -0.463 e. The van der Waals surface area contributed by atoms with Crippen molar-refractivity contribution in [3.05, 3.63) is 53.0 Å². The summed E-state index contributed by atoms with van der Waals surface area (Å²) in [5, 5.41) is 0.430. The number of nitrogens with two attached hydrogens (primary N) is 1. The lowest BCUT2D eigenvalue weighted by Gasteiger charge is -2.45. The van der Waals surface area contributed by atoms with E-state index in [4.69, 9.17) is 21.9 Å². The zero-order valence-corrected chi connectivity index (χ0v) is 19.0. The van der Waals surface area contributed by atoms with Gasteiger partial charge in [0, 0.05) is 26.4 Å². The zero-order chi connectivity index (χ0) is 23.4. The Labute approximate surface area is 195 Å². The lowest BCUT2D eigenvalue weighted by Crippen LogP contribution is -2.49. The Morgan fingerprint density at radius 1 is 1.42 bits per heavy atom. The third-order valence-corrected chi connectivity index (χ3v) is 7.67. The first-order chi connectivity index (χ1) is 15.8. The van der Waals surface area contributed by atoms with Crippen LogP contribution in [0, 0.1) is 18.3 Å². The number of rotatable bonds is 5. The third kappa shape index (κ3) is 3.37. The van der Waals surface area contributed by atoms with Crippen molar-refractivity contribution in [3.8, 4) is 18.2 Å². The van der Waals surface area contributed by atoms with Gasteiger partial charge in [-0.15, -0.1) is 6.42 Å². The molecular weight excluding hydrogens is 441 g/mol. The Morgan fingerprint density at radius 3 is 2.94 bits per heavy atom. The van der Waals surface area contributed by atoms with Gasteiger partial charge in [0.2, 0.25) is 11.8 Å². The normalized spacial score (nSPS) is 26.9. The van der Waals surface area contributed by atoms with Crippen LogP contribution in [0.3, 0.4) is 0 Å². The number of thioether (sulfide) groups is 1. The number of fused-ring (bicyclic) bond motifs is 4. The summed E-state index contributed by atoms with van der Waals surface area (Å²) >= 11 is 1.37. The molecule has 1 aromatic carbocycles. The highest BCUT2D eigenvalue weighted by Crippen LogP contribution is 2.69. The van der Waals surface area contributed by atoms with Gasteiger partial charge in [-0.1, -0.05) is 29.8 Å². The Hall–Kier alpha value is -3.38. The molecule has 2 heterocycles. The van der Waals surface area contributed by atoms with E-state index in [0.29, 0.717) is 10.7 Å². The monoisotopic (exact) mass is 463 g/mol. The number of aliphatic imine (C=N–C) groups is 1. The standard InChI is InChI=1S/C24H22FN5O2S/c1-4-7-32-20-13-27-18(12-28-20)17(25)9-14-5-6-15-10-23(16(15)8-14)19-11-24(19,21(31)30(2)3)33-22(26)29-23/h1,5-6,8-9,12-13,19H,7,10-11H2,2-3H3,(H2,26,29)/b17-9-/t19-,23+,24-/m0/s1. The first-order valence-corrected chi connectivity index (χ1v) is 11.3. The highest BCUT2D eigenvalue weighted by Gasteiger charge is 2.73. The van der Waals surface area contributed by atoms with Crippen molar-refractivity contribution in [2.24, 2.45) is 16.6 Å². The Balaban J connectivity index is 1.43. The van der Waals surface area contributed by atoms with E-state index in [1.54, 1.807) is 19.0 Å². The van der Waals surface area contributed by atoms with Crippen molar-refractivity contribution < 1.29 is 13.9 Å². The summed E-state index contributed by atoms with van der Waals surface area (Å²) in [6.45, 7) is 0.0666. The quantitative estimate of drug-likeness (QED) is 0.686. The molecular formula is C24H22FN5O2S. The zero-order valence-electron chi connectivity index (χ0n) is 18.2. The van der Waals surface area contributed by atoms with Gasteiger partial charge in [0.15, 0.2) is 17.6 Å². The van der Waals surface area contributed by atoms with Gasteiger partial charge in [-0.25, -0.2) is 14.4 Å². The molecule has 168 valence electrons. The number of carbonyl (C=O) groups is 1. The number of aromatic nitrogens is 2. The topological polar surface area (TPSA) is 93.7 Å². The first-order valence-electron chi connectivity index (χ1n) is 10.4. The number of amides is 1. The molecule has 2 aliphatic carbocycles. The molecule has 33 heavy (non-hydrogen) atoms. The molecule has 1 aliphatic heterocycles. The van der Waals surface area contributed by atoms with Crippen molar-refractivity contribution in [1.29, 1.82) is 0 Å². The van der Waals surface area contributed by atoms with Crippen LogP contribution in [-0.4, -0.2) is 51.4 Å². The molecule has 1 aromatic heterocycles. The average molecular weight is 464 g/mol. The van der Waals surface area contributed by atoms with Gasteiger partial charge in [-0.05, 0) is 35.3 Å². The smallest absolute Gasteiger partial charge is 0.239 e. The van der Waals surface area contributed by atoms with Crippen LogP contribution in [0.5, 0.6) is 5.88 Å². The van der Waals surface area contributed by atoms with E-state index < -0.39 is 16.1 Å². The SMILES string of the molecule is C#CCOc1cnc(/C(F)=C/c2ccc3c(c2)[C@@]2(C3)N=C(N)S[C@@]3(C(=O)N(C)C)C[C@H]32)cn1. The van der Waals surface area contributed by atoms with Gasteiger partial charge in [0.05, 0.1) is 17.9 Å². The maximum Gasteiger partial charge on any atom is 0.239 e. The fourth-order valence-corrected chi connectivity index (χ4v) is 6.27. The lowest BCUT2D eigenvalue weighted by atomic mass is 9.66. The largest absolute Gasteiger partial charge is 0.463 e. The molecule has 1 amide bonds. The molecule has 1 fully saturated rings. The molecule has 0 unspecified atom stereocenters. The Kier molecular flexibility index (Phi) is 4.94. The molecule has 2 aromatic rings. The average Bonchev–Trinajstić information content (AvgIpc) is 3.53. The number of hydrogen-bond donors (Lipinski definition) is 1. The number of halogens is 1. The van der Waals surface area contributed by atoms with Crippen LogP contribution in [0.25, 0.3) is 11.9 Å². The van der Waals surface area contributed by atoms with E-state index in [9.17, 15) is 9.18 Å². The van der Waals surface area contributed by atoms with Crippen molar-refractivity contribution in [2.45, 2.75) is 23.1 Å². The second-order valence-electron chi connectivity index (χ2n) is 8.64. The van der Waals surface area contributed by atoms with Gasteiger partial charge < -0.3 is 15.4 Å². The summed E-state index contributed by atoms with van der Waals surface area (Å²) < 4.78 is 19.5. The van der Waals surface area contributed by atoms with Crippen LogP contribution in [0.15, 0.2) is 35.6 Å². The van der Waals surface area contributed by atoms with Gasteiger partial charge in [-0.2, -0.15) is 0 Å². The third-order valence-electron chi connectivity index (χ3n) is 6.38. The van der Waals surface area contributed by atoms with Crippen LogP contribution in [0.2, 0.25) is 0 Å². The number of nitrogens with zero attached hydrogens (tertiary/aromatic N) is 4. The molecule has 0 bridgehead atoms. The van der Waals surface area contributed by atoms with E-state index in [1.165, 1.54) is 30.2 Å². The van der Waals surface area contributed by atoms with Crippen molar-refractivity contribution in [2.75, 3.05) is 20.7 Å². The number of ether oxygens (including phenoxy) is 1. The Morgan fingerprint density at radius 2 is 2.24 bits per heavy atom. The van der Waals surface area contributed by atoms with Crippen LogP contribution in [-0.2, 0) is 16.8 Å².